The first-order chi connectivity index (χ1) is 22.0. The molecule has 254 valence electrons. The fourth-order valence-corrected chi connectivity index (χ4v) is 12.3. The minimum absolute atomic E-state index is 0.0791. The molecule has 1 aromatic rings. The Kier molecular flexibility index (Phi) is 7.69. The normalized spacial score (nSPS) is 49.9. The van der Waals surface area contributed by atoms with Gasteiger partial charge < -0.3 is 43.7 Å². The molecule has 6 unspecified atom stereocenters. The molecule has 3 N–H and O–H groups in total. The second-order valence-corrected chi connectivity index (χ2v) is 14.4. The molecule has 5 saturated carbocycles. The molecule has 7 rings (SSSR count). The molecule has 1 saturated heterocycles. The van der Waals surface area contributed by atoms with Crippen molar-refractivity contribution < 1.29 is 53.3 Å². The van der Waals surface area contributed by atoms with Gasteiger partial charge in [0.1, 0.15) is 23.9 Å². The van der Waals surface area contributed by atoms with Gasteiger partial charge in [-0.1, -0.05) is 25.1 Å². The summed E-state index contributed by atoms with van der Waals surface area (Å²) in [4.78, 5) is 29.3. The number of rotatable bonds is 9. The molecule has 15 atom stereocenters. The van der Waals surface area contributed by atoms with Crippen LogP contribution in [0.5, 0.6) is 0 Å². The minimum atomic E-state index is -1.83. The first-order valence-corrected chi connectivity index (χ1v) is 16.3. The highest BCUT2D eigenvalue weighted by Gasteiger charge is 2.92. The Morgan fingerprint density at radius 2 is 1.72 bits per heavy atom. The molecule has 7 bridgehead atoms. The van der Waals surface area contributed by atoms with Gasteiger partial charge in [-0.05, 0) is 31.0 Å². The fraction of sp³-hybridized carbons (Fsp3) is 0.765. The van der Waals surface area contributed by atoms with Gasteiger partial charge in [-0.25, -0.2) is 4.79 Å². The zero-order valence-corrected chi connectivity index (χ0v) is 27.3. The summed E-state index contributed by atoms with van der Waals surface area (Å²) in [5, 5.41) is 37.3. The number of esters is 2. The third kappa shape index (κ3) is 3.62. The van der Waals surface area contributed by atoms with Gasteiger partial charge in [-0.15, -0.1) is 0 Å². The maximum Gasteiger partial charge on any atom is 0.338 e. The van der Waals surface area contributed by atoms with Crippen LogP contribution in [0.4, 0.5) is 0 Å². The molecule has 12 nitrogen and oxygen atoms in total. The number of ether oxygens (including phenoxy) is 6. The molecule has 0 radical (unpaired) electrons. The van der Waals surface area contributed by atoms with Crippen molar-refractivity contribution in [3.05, 3.63) is 35.9 Å². The summed E-state index contributed by atoms with van der Waals surface area (Å²) in [6, 6.07) is 8.18. The van der Waals surface area contributed by atoms with Crippen molar-refractivity contribution in [1.82, 2.24) is 4.90 Å². The van der Waals surface area contributed by atoms with E-state index in [1.54, 1.807) is 51.7 Å². The van der Waals surface area contributed by atoms with Crippen molar-refractivity contribution in [2.45, 2.75) is 80.6 Å². The summed E-state index contributed by atoms with van der Waals surface area (Å²) >= 11 is 0. The van der Waals surface area contributed by atoms with Crippen molar-refractivity contribution in [2.75, 3.05) is 48.1 Å². The maximum absolute atomic E-state index is 13.8. The van der Waals surface area contributed by atoms with Crippen molar-refractivity contribution >= 4 is 11.9 Å². The summed E-state index contributed by atoms with van der Waals surface area (Å²) < 4.78 is 37.4. The molecule has 0 amide bonds. The van der Waals surface area contributed by atoms with Crippen LogP contribution in [0.2, 0.25) is 0 Å². The number of aliphatic hydroxyl groups excluding tert-OH is 2. The highest BCUT2D eigenvalue weighted by atomic mass is 16.6. The molecule has 12 heteroatoms. The standard InChI is InChI=1S/C34H47NO11/c1-7-35-15-31(16-41-3)20(37)13-21(42-4)33-19-14-32(40)28(45-30(39)18-11-9-8-10-12-18)22(19)34(46-17(2)36,27(38)29(32)44-6)23(26(33)35)24(43-5)25(31)33/h8-12,19-29,37-38,40H,7,13-16H2,1-6H3/t19?,20-,21+,22?,23+,24?,25?,26?,27+,28?,29+,31+,32-,33+,34-/m1/s1. The molecule has 46 heavy (non-hydrogen) atoms. The summed E-state index contributed by atoms with van der Waals surface area (Å²) in [5.74, 6) is -3.65. The molecule has 0 aromatic heterocycles. The van der Waals surface area contributed by atoms with Gasteiger partial charge in [0, 0.05) is 83.0 Å². The molecular formula is C34H47NO11. The van der Waals surface area contributed by atoms with Gasteiger partial charge in [0.15, 0.2) is 5.60 Å². The van der Waals surface area contributed by atoms with Crippen LogP contribution in [0.3, 0.4) is 0 Å². The number of carbonyl (C=O) groups is 2. The van der Waals surface area contributed by atoms with E-state index in [1.165, 1.54) is 14.0 Å². The Balaban J connectivity index is 1.53. The van der Waals surface area contributed by atoms with Gasteiger partial charge in [-0.2, -0.15) is 0 Å². The van der Waals surface area contributed by atoms with E-state index < -0.39 is 88.3 Å². The van der Waals surface area contributed by atoms with E-state index >= 15 is 0 Å². The smallest absolute Gasteiger partial charge is 0.338 e. The van der Waals surface area contributed by atoms with Gasteiger partial charge >= 0.3 is 11.9 Å². The van der Waals surface area contributed by atoms with E-state index in [-0.39, 0.29) is 25.0 Å². The monoisotopic (exact) mass is 645 g/mol. The van der Waals surface area contributed by atoms with Gasteiger partial charge in [0.25, 0.3) is 0 Å². The molecule has 6 fully saturated rings. The molecule has 1 aliphatic heterocycles. The summed E-state index contributed by atoms with van der Waals surface area (Å²) in [5.41, 5.74) is -4.79. The number of benzene rings is 1. The van der Waals surface area contributed by atoms with Gasteiger partial charge in [0.2, 0.25) is 0 Å². The summed E-state index contributed by atoms with van der Waals surface area (Å²) in [7, 11) is 6.27. The van der Waals surface area contributed by atoms with Crippen LogP contribution in [-0.4, -0.2) is 134 Å². The van der Waals surface area contributed by atoms with Crippen LogP contribution in [0.25, 0.3) is 0 Å². The Morgan fingerprint density at radius 1 is 1.00 bits per heavy atom. The lowest BCUT2D eigenvalue weighted by Gasteiger charge is -2.70. The third-order valence-corrected chi connectivity index (χ3v) is 13.2. The predicted molar refractivity (Wildman–Crippen MR) is 160 cm³/mol. The second kappa shape index (κ2) is 10.9. The van der Waals surface area contributed by atoms with Gasteiger partial charge in [-0.3, -0.25) is 9.69 Å². The quantitative estimate of drug-likeness (QED) is 0.323. The van der Waals surface area contributed by atoms with Crippen molar-refractivity contribution in [3.63, 3.8) is 0 Å². The number of piperidine rings is 1. The average Bonchev–Trinajstić information content (AvgIpc) is 3.41. The zero-order valence-electron chi connectivity index (χ0n) is 27.3. The number of likely N-dealkylation sites (tertiary alicyclic amines) is 1. The van der Waals surface area contributed by atoms with Gasteiger partial charge in [0.05, 0.1) is 30.5 Å². The molecule has 1 aromatic carbocycles. The van der Waals surface area contributed by atoms with Crippen LogP contribution in [0.1, 0.15) is 37.0 Å². The first-order valence-electron chi connectivity index (χ1n) is 16.3. The SMILES string of the molecule is CCN1C[C@@]2(COC)C3C(OC)[C@H]4C1[C@@]3(C1C[C@@]3(O)C(OC(=O)c5ccccc5)C1[C@]4(OC(C)=O)[C@@H](O)[C@@H]3OC)[C@@H](OC)C[C@H]2O. The Morgan fingerprint density at radius 3 is 2.30 bits per heavy atom. The Bertz CT molecular complexity index is 1360. The van der Waals surface area contributed by atoms with Crippen LogP contribution in [0, 0.1) is 34.5 Å². The highest BCUT2D eigenvalue weighted by Crippen LogP contribution is 2.80. The molecule has 5 aliphatic carbocycles. The Hall–Kier alpha value is -2.16. The second-order valence-electron chi connectivity index (χ2n) is 14.4. The predicted octanol–water partition coefficient (Wildman–Crippen LogP) is 0.648. The van der Waals surface area contributed by atoms with E-state index in [0.717, 1.165) is 0 Å². The van der Waals surface area contributed by atoms with E-state index in [0.29, 0.717) is 25.1 Å². The van der Waals surface area contributed by atoms with E-state index in [1.807, 2.05) is 6.92 Å². The van der Waals surface area contributed by atoms with Crippen molar-refractivity contribution in [2.24, 2.45) is 34.5 Å². The van der Waals surface area contributed by atoms with E-state index in [2.05, 4.69) is 4.90 Å². The number of methoxy groups -OCH3 is 4. The summed E-state index contributed by atoms with van der Waals surface area (Å²) in [6.07, 6.45) is -5.49. The maximum atomic E-state index is 13.8. The summed E-state index contributed by atoms with van der Waals surface area (Å²) in [6.45, 7) is 4.68. The van der Waals surface area contributed by atoms with Crippen molar-refractivity contribution in [1.29, 1.82) is 0 Å². The first kappa shape index (κ1) is 32.4. The Labute approximate surface area is 269 Å². The fourth-order valence-electron chi connectivity index (χ4n) is 12.3. The lowest BCUT2D eigenvalue weighted by Crippen LogP contribution is -2.81. The lowest BCUT2D eigenvalue weighted by molar-refractivity contribution is -0.322. The number of hydrogen-bond donors (Lipinski definition) is 3. The van der Waals surface area contributed by atoms with Crippen LogP contribution < -0.4 is 0 Å². The molecule has 1 spiro atoms. The largest absolute Gasteiger partial charge is 0.455 e. The number of aliphatic hydroxyl groups is 3. The molecule has 1 heterocycles. The zero-order chi connectivity index (χ0) is 33.0. The van der Waals surface area contributed by atoms with E-state index in [4.69, 9.17) is 28.4 Å². The third-order valence-electron chi connectivity index (χ3n) is 13.2. The molecular weight excluding hydrogens is 598 g/mol. The average molecular weight is 646 g/mol. The number of fused-ring (bicyclic) bond motifs is 2. The topological polar surface area (TPSA) is 153 Å². The highest BCUT2D eigenvalue weighted by molar-refractivity contribution is 5.89. The number of hydrogen-bond acceptors (Lipinski definition) is 12. The van der Waals surface area contributed by atoms with E-state index in [9.17, 15) is 24.9 Å². The van der Waals surface area contributed by atoms with Crippen LogP contribution in [0.15, 0.2) is 30.3 Å². The van der Waals surface area contributed by atoms with Crippen molar-refractivity contribution in [3.8, 4) is 0 Å². The number of carbonyl (C=O) groups excluding carboxylic acids is 2. The number of nitrogens with zero attached hydrogens (tertiary/aromatic N) is 1. The molecule has 6 aliphatic rings. The van der Waals surface area contributed by atoms with Crippen LogP contribution in [-0.2, 0) is 33.2 Å². The lowest BCUT2D eigenvalue weighted by atomic mass is 9.42. The minimum Gasteiger partial charge on any atom is -0.455 e. The van der Waals surface area contributed by atoms with Crippen LogP contribution >= 0.6 is 0 Å².